The molecule has 0 radical (unpaired) electrons. The summed E-state index contributed by atoms with van der Waals surface area (Å²) in [5.41, 5.74) is 2.06. The number of aryl methyl sites for hydroxylation is 1. The molecule has 0 aliphatic carbocycles. The number of Topliss-reactive ketones (excluding diaryl/α,β-unsaturated/α-hetero) is 1. The van der Waals surface area contributed by atoms with Crippen molar-refractivity contribution in [1.82, 2.24) is 4.90 Å². The Kier molecular flexibility index (Phi) is 5.54. The third-order valence-electron chi connectivity index (χ3n) is 5.06. The number of nitrogens with zero attached hydrogens (tertiary/aromatic N) is 1. The van der Waals surface area contributed by atoms with E-state index in [1.165, 1.54) is 11.2 Å². The van der Waals surface area contributed by atoms with Gasteiger partial charge < -0.3 is 14.4 Å². The molecule has 5 nitrogen and oxygen atoms in total. The van der Waals surface area contributed by atoms with Gasteiger partial charge in [0.05, 0.1) is 24.4 Å². The van der Waals surface area contributed by atoms with E-state index in [4.69, 9.17) is 16.0 Å². The summed E-state index contributed by atoms with van der Waals surface area (Å²) in [6.07, 6.45) is 1.51. The number of carbonyl (C=O) groups excluding carboxylic acids is 2. The highest BCUT2D eigenvalue weighted by Gasteiger charge is 2.46. The number of aliphatic hydroxyl groups excluding tert-OH is 1. The van der Waals surface area contributed by atoms with Gasteiger partial charge in [-0.15, -0.1) is 0 Å². The lowest BCUT2D eigenvalue weighted by Crippen LogP contribution is -2.29. The number of ketones is 1. The van der Waals surface area contributed by atoms with Crippen LogP contribution in [0.1, 0.15) is 28.5 Å². The average molecular weight is 487 g/mol. The summed E-state index contributed by atoms with van der Waals surface area (Å²) in [6, 6.07) is 14.8. The normalized spacial score (nSPS) is 18.2. The van der Waals surface area contributed by atoms with Gasteiger partial charge in [0.15, 0.2) is 0 Å². The predicted octanol–water partition coefficient (Wildman–Crippen LogP) is 5.63. The molecule has 1 N–H and O–H groups in total. The molecule has 3 aromatic rings. The number of amides is 1. The van der Waals surface area contributed by atoms with Crippen molar-refractivity contribution in [1.29, 1.82) is 0 Å². The Hall–Kier alpha value is -2.83. The van der Waals surface area contributed by atoms with Crippen molar-refractivity contribution in [3.05, 3.63) is 98.4 Å². The number of furan rings is 1. The van der Waals surface area contributed by atoms with E-state index in [2.05, 4.69) is 15.9 Å². The Labute approximate surface area is 186 Å². The zero-order valence-electron chi connectivity index (χ0n) is 15.9. The van der Waals surface area contributed by atoms with Crippen LogP contribution in [0, 0.1) is 6.92 Å². The Morgan fingerprint density at radius 3 is 2.53 bits per heavy atom. The lowest BCUT2D eigenvalue weighted by molar-refractivity contribution is -0.140. The van der Waals surface area contributed by atoms with Crippen molar-refractivity contribution < 1.29 is 19.1 Å². The molecule has 1 atom stereocenters. The molecule has 30 heavy (non-hydrogen) atoms. The van der Waals surface area contributed by atoms with Gasteiger partial charge in [0.1, 0.15) is 11.5 Å². The van der Waals surface area contributed by atoms with Crippen molar-refractivity contribution >= 4 is 45.0 Å². The number of rotatable bonds is 4. The van der Waals surface area contributed by atoms with E-state index in [1.54, 1.807) is 54.6 Å². The summed E-state index contributed by atoms with van der Waals surface area (Å²) in [5.74, 6) is -1.11. The van der Waals surface area contributed by atoms with Crippen LogP contribution < -0.4 is 0 Å². The molecule has 2 aromatic carbocycles. The van der Waals surface area contributed by atoms with Crippen molar-refractivity contribution in [2.45, 2.75) is 19.5 Å². The third kappa shape index (κ3) is 3.68. The summed E-state index contributed by atoms with van der Waals surface area (Å²) in [7, 11) is 0. The van der Waals surface area contributed by atoms with Crippen molar-refractivity contribution in [3.8, 4) is 0 Å². The second-order valence-corrected chi connectivity index (χ2v) is 8.31. The van der Waals surface area contributed by atoms with E-state index < -0.39 is 17.7 Å². The summed E-state index contributed by atoms with van der Waals surface area (Å²) in [4.78, 5) is 27.3. The SMILES string of the molecule is Cc1cc(/C(O)=C2/C(=O)C(=O)N(Cc3ccco3)C2c2ccc(Cl)cc2)ccc1Br. The highest BCUT2D eigenvalue weighted by molar-refractivity contribution is 9.10. The number of likely N-dealkylation sites (tertiary alicyclic amines) is 1. The van der Waals surface area contributed by atoms with E-state index in [-0.39, 0.29) is 17.9 Å². The zero-order valence-corrected chi connectivity index (χ0v) is 18.3. The number of hydrogen-bond donors (Lipinski definition) is 1. The lowest BCUT2D eigenvalue weighted by atomic mass is 9.95. The van der Waals surface area contributed by atoms with Crippen LogP contribution in [-0.4, -0.2) is 21.7 Å². The van der Waals surface area contributed by atoms with E-state index in [9.17, 15) is 14.7 Å². The van der Waals surface area contributed by atoms with Crippen LogP contribution in [0.2, 0.25) is 5.02 Å². The van der Waals surface area contributed by atoms with Crippen molar-refractivity contribution in [2.75, 3.05) is 0 Å². The Morgan fingerprint density at radius 2 is 1.90 bits per heavy atom. The van der Waals surface area contributed by atoms with Crippen LogP contribution in [0.4, 0.5) is 0 Å². The highest BCUT2D eigenvalue weighted by atomic mass is 79.9. The number of benzene rings is 2. The number of carbonyl (C=O) groups is 2. The zero-order chi connectivity index (χ0) is 21.4. The van der Waals surface area contributed by atoms with Gasteiger partial charge in [-0.3, -0.25) is 9.59 Å². The summed E-state index contributed by atoms with van der Waals surface area (Å²) >= 11 is 9.46. The molecule has 152 valence electrons. The Balaban J connectivity index is 1.87. The minimum Gasteiger partial charge on any atom is -0.507 e. The predicted molar refractivity (Wildman–Crippen MR) is 117 cm³/mol. The molecule has 1 aliphatic rings. The third-order valence-corrected chi connectivity index (χ3v) is 6.21. The van der Waals surface area contributed by atoms with E-state index in [0.29, 0.717) is 21.9 Å². The molecule has 1 fully saturated rings. The smallest absolute Gasteiger partial charge is 0.296 e. The average Bonchev–Trinajstić information content (AvgIpc) is 3.33. The summed E-state index contributed by atoms with van der Waals surface area (Å²) in [6.45, 7) is 1.98. The first-order chi connectivity index (χ1) is 14.4. The van der Waals surface area contributed by atoms with Gasteiger partial charge in [-0.05, 0) is 54.4 Å². The Bertz CT molecular complexity index is 1150. The molecule has 1 saturated heterocycles. The molecule has 1 amide bonds. The number of aliphatic hydroxyl groups is 1. The summed E-state index contributed by atoms with van der Waals surface area (Å²) in [5, 5.41) is 11.6. The van der Waals surface area contributed by atoms with Gasteiger partial charge in [-0.25, -0.2) is 0 Å². The van der Waals surface area contributed by atoms with Crippen molar-refractivity contribution in [3.63, 3.8) is 0 Å². The molecule has 0 bridgehead atoms. The van der Waals surface area contributed by atoms with Crippen molar-refractivity contribution in [2.24, 2.45) is 0 Å². The first-order valence-corrected chi connectivity index (χ1v) is 10.4. The fourth-order valence-corrected chi connectivity index (χ4v) is 3.93. The topological polar surface area (TPSA) is 70.8 Å². The molecule has 7 heteroatoms. The maximum Gasteiger partial charge on any atom is 0.296 e. The second-order valence-electron chi connectivity index (χ2n) is 7.02. The van der Waals surface area contributed by atoms with Gasteiger partial charge in [0, 0.05) is 15.1 Å². The van der Waals surface area contributed by atoms with Crippen LogP contribution in [-0.2, 0) is 16.1 Å². The minimum atomic E-state index is -0.767. The van der Waals surface area contributed by atoms with Crippen LogP contribution in [0.5, 0.6) is 0 Å². The van der Waals surface area contributed by atoms with Crippen LogP contribution >= 0.6 is 27.5 Å². The molecular weight excluding hydrogens is 470 g/mol. The first kappa shape index (κ1) is 20.4. The maximum absolute atomic E-state index is 13.0. The molecule has 0 saturated carbocycles. The van der Waals surface area contributed by atoms with E-state index in [1.807, 2.05) is 6.92 Å². The largest absolute Gasteiger partial charge is 0.507 e. The molecule has 1 aromatic heterocycles. The number of halogens is 2. The maximum atomic E-state index is 13.0. The molecule has 1 unspecified atom stereocenters. The van der Waals surface area contributed by atoms with E-state index >= 15 is 0 Å². The van der Waals surface area contributed by atoms with Gasteiger partial charge in [0.25, 0.3) is 11.7 Å². The summed E-state index contributed by atoms with van der Waals surface area (Å²) < 4.78 is 6.26. The standard InChI is InChI=1S/C23H17BrClNO4/c1-13-11-15(6-9-18(13)24)21(27)19-20(14-4-7-16(25)8-5-14)26(23(29)22(19)28)12-17-3-2-10-30-17/h2-11,20,27H,12H2,1H3/b21-19-. The Morgan fingerprint density at radius 1 is 1.17 bits per heavy atom. The minimum absolute atomic E-state index is 0.0376. The molecule has 0 spiro atoms. The van der Waals surface area contributed by atoms with Gasteiger partial charge in [-0.1, -0.05) is 45.7 Å². The second kappa shape index (κ2) is 8.13. The van der Waals surface area contributed by atoms with Gasteiger partial charge >= 0.3 is 0 Å². The first-order valence-electron chi connectivity index (χ1n) is 9.19. The fraction of sp³-hybridized carbons (Fsp3) is 0.130. The molecular formula is C23H17BrClNO4. The lowest BCUT2D eigenvalue weighted by Gasteiger charge is -2.24. The van der Waals surface area contributed by atoms with E-state index in [0.717, 1.165) is 10.0 Å². The van der Waals surface area contributed by atoms with Crippen LogP contribution in [0.25, 0.3) is 5.76 Å². The quantitative estimate of drug-likeness (QED) is 0.295. The van der Waals surface area contributed by atoms with Gasteiger partial charge in [0.2, 0.25) is 0 Å². The monoisotopic (exact) mass is 485 g/mol. The van der Waals surface area contributed by atoms with Crippen LogP contribution in [0.15, 0.2) is 75.3 Å². The van der Waals surface area contributed by atoms with Crippen LogP contribution in [0.3, 0.4) is 0 Å². The number of hydrogen-bond acceptors (Lipinski definition) is 4. The van der Waals surface area contributed by atoms with Gasteiger partial charge in [-0.2, -0.15) is 0 Å². The molecule has 4 rings (SSSR count). The molecule has 1 aliphatic heterocycles. The fourth-order valence-electron chi connectivity index (χ4n) is 3.55. The molecule has 2 heterocycles. The highest BCUT2D eigenvalue weighted by Crippen LogP contribution is 2.40.